The third kappa shape index (κ3) is 4.04. The molecule has 1 fully saturated rings. The highest BCUT2D eigenvalue weighted by atomic mass is 16.5. The molecule has 0 aliphatic carbocycles. The van der Waals surface area contributed by atoms with Crippen LogP contribution in [0.3, 0.4) is 0 Å². The number of carbonyl (C=O) groups is 2. The lowest BCUT2D eigenvalue weighted by Crippen LogP contribution is -2.39. The van der Waals surface area contributed by atoms with Crippen LogP contribution in [-0.4, -0.2) is 36.4 Å². The fourth-order valence-corrected chi connectivity index (χ4v) is 4.56. The second-order valence-electron chi connectivity index (χ2n) is 8.98. The Labute approximate surface area is 190 Å². The maximum atomic E-state index is 13.8. The van der Waals surface area contributed by atoms with Crippen molar-refractivity contribution >= 4 is 23.1 Å². The summed E-state index contributed by atoms with van der Waals surface area (Å²) in [7, 11) is 0. The zero-order valence-electron chi connectivity index (χ0n) is 19.5. The zero-order valence-corrected chi connectivity index (χ0v) is 19.5. The quantitative estimate of drug-likeness (QED) is 0.596. The minimum Gasteiger partial charge on any atom is -0.491 e. The van der Waals surface area contributed by atoms with Gasteiger partial charge in [-0.25, -0.2) is 4.90 Å². The van der Waals surface area contributed by atoms with Crippen LogP contribution in [0.2, 0.25) is 0 Å². The number of para-hydroxylation sites is 2. The molecular weight excluding hydrogens is 400 g/mol. The van der Waals surface area contributed by atoms with E-state index in [2.05, 4.69) is 18.7 Å². The average Bonchev–Trinajstić information content (AvgIpc) is 3.04. The molecule has 0 N–H and O–H groups in total. The Morgan fingerprint density at radius 3 is 2.53 bits per heavy atom. The molecule has 2 heterocycles. The van der Waals surface area contributed by atoms with E-state index in [1.165, 1.54) is 4.90 Å². The molecule has 2 aliphatic rings. The van der Waals surface area contributed by atoms with Crippen LogP contribution in [0.5, 0.6) is 5.75 Å². The van der Waals surface area contributed by atoms with Crippen LogP contribution in [0.1, 0.15) is 49.8 Å². The summed E-state index contributed by atoms with van der Waals surface area (Å²) < 4.78 is 5.89. The van der Waals surface area contributed by atoms with Crippen LogP contribution in [0.4, 0.5) is 5.69 Å². The molecule has 32 heavy (non-hydrogen) atoms. The number of hydrogen-bond acceptors (Lipinski definition) is 4. The van der Waals surface area contributed by atoms with Crippen LogP contribution in [0.15, 0.2) is 48.2 Å². The molecule has 1 atom stereocenters. The van der Waals surface area contributed by atoms with E-state index >= 15 is 0 Å². The molecule has 2 aliphatic heterocycles. The van der Waals surface area contributed by atoms with Crippen molar-refractivity contribution in [3.8, 4) is 5.75 Å². The van der Waals surface area contributed by atoms with E-state index < -0.39 is 0 Å². The SMILES string of the molecule is CCCOc1ccccc1N1C(=O)C(c2ccc(C)c(C)c2)=C(N2CCCC(C)C2)C1=O. The number of piperidine rings is 1. The van der Waals surface area contributed by atoms with Gasteiger partial charge in [0.2, 0.25) is 0 Å². The third-order valence-electron chi connectivity index (χ3n) is 6.40. The van der Waals surface area contributed by atoms with E-state index in [4.69, 9.17) is 4.74 Å². The van der Waals surface area contributed by atoms with Gasteiger partial charge in [-0.1, -0.05) is 44.2 Å². The van der Waals surface area contributed by atoms with Gasteiger partial charge in [0.1, 0.15) is 11.4 Å². The van der Waals surface area contributed by atoms with Crippen molar-refractivity contribution in [2.24, 2.45) is 5.92 Å². The van der Waals surface area contributed by atoms with Gasteiger partial charge in [-0.05, 0) is 67.9 Å². The van der Waals surface area contributed by atoms with Gasteiger partial charge < -0.3 is 9.64 Å². The second kappa shape index (κ2) is 9.19. The molecule has 0 spiro atoms. The summed E-state index contributed by atoms with van der Waals surface area (Å²) in [6, 6.07) is 13.3. The number of ether oxygens (including phenoxy) is 1. The second-order valence-corrected chi connectivity index (χ2v) is 8.98. The van der Waals surface area contributed by atoms with Crippen LogP contribution in [0.25, 0.3) is 5.57 Å². The monoisotopic (exact) mass is 432 g/mol. The molecule has 0 bridgehead atoms. The molecule has 1 unspecified atom stereocenters. The topological polar surface area (TPSA) is 49.9 Å². The molecule has 5 nitrogen and oxygen atoms in total. The summed E-state index contributed by atoms with van der Waals surface area (Å²) in [5.41, 5.74) is 4.60. The Morgan fingerprint density at radius 1 is 1.03 bits per heavy atom. The van der Waals surface area contributed by atoms with Crippen LogP contribution >= 0.6 is 0 Å². The summed E-state index contributed by atoms with van der Waals surface area (Å²) in [6.07, 6.45) is 3.00. The Bertz CT molecular complexity index is 1070. The highest BCUT2D eigenvalue weighted by Crippen LogP contribution is 2.40. The standard InChI is InChI=1S/C27H32N2O3/c1-5-15-32-23-11-7-6-10-22(23)29-26(30)24(21-13-12-19(3)20(4)16-21)25(27(29)31)28-14-8-9-18(2)17-28/h6-7,10-13,16,18H,5,8-9,14-15,17H2,1-4H3. The van der Waals surface area contributed by atoms with Gasteiger partial charge in [0.15, 0.2) is 0 Å². The smallest absolute Gasteiger partial charge is 0.282 e. The van der Waals surface area contributed by atoms with E-state index in [9.17, 15) is 9.59 Å². The number of imide groups is 1. The van der Waals surface area contributed by atoms with Crippen molar-refractivity contribution < 1.29 is 14.3 Å². The number of amides is 2. The van der Waals surface area contributed by atoms with Gasteiger partial charge >= 0.3 is 0 Å². The third-order valence-corrected chi connectivity index (χ3v) is 6.40. The zero-order chi connectivity index (χ0) is 22.8. The number of anilines is 1. The van der Waals surface area contributed by atoms with Crippen molar-refractivity contribution in [3.05, 3.63) is 64.9 Å². The summed E-state index contributed by atoms with van der Waals surface area (Å²) in [5.74, 6) is 0.502. The fraction of sp³-hybridized carbons (Fsp3) is 0.407. The van der Waals surface area contributed by atoms with Gasteiger partial charge in [0, 0.05) is 13.1 Å². The van der Waals surface area contributed by atoms with Crippen molar-refractivity contribution in [3.63, 3.8) is 0 Å². The van der Waals surface area contributed by atoms with Crippen LogP contribution < -0.4 is 9.64 Å². The molecule has 0 aromatic heterocycles. The minimum atomic E-state index is -0.279. The summed E-state index contributed by atoms with van der Waals surface area (Å²) >= 11 is 0. The molecule has 1 saturated heterocycles. The molecule has 0 radical (unpaired) electrons. The molecule has 4 rings (SSSR count). The number of hydrogen-bond donors (Lipinski definition) is 0. The number of likely N-dealkylation sites (tertiary alicyclic amines) is 1. The van der Waals surface area contributed by atoms with Crippen LogP contribution in [-0.2, 0) is 9.59 Å². The first-order chi connectivity index (χ1) is 15.4. The molecule has 2 amide bonds. The summed E-state index contributed by atoms with van der Waals surface area (Å²) in [4.78, 5) is 31.1. The van der Waals surface area contributed by atoms with Gasteiger partial charge in [-0.3, -0.25) is 9.59 Å². The maximum Gasteiger partial charge on any atom is 0.282 e. The molecule has 168 valence electrons. The van der Waals surface area contributed by atoms with Crippen LogP contribution in [0, 0.1) is 19.8 Å². The highest BCUT2D eigenvalue weighted by Gasteiger charge is 2.44. The van der Waals surface area contributed by atoms with Gasteiger partial charge in [-0.2, -0.15) is 0 Å². The molecule has 0 saturated carbocycles. The number of nitrogens with zero attached hydrogens (tertiary/aromatic N) is 2. The lowest BCUT2D eigenvalue weighted by atomic mass is 9.96. The normalized spacial score (nSPS) is 19.2. The molecule has 2 aromatic carbocycles. The van der Waals surface area contributed by atoms with Crippen molar-refractivity contribution in [2.75, 3.05) is 24.6 Å². The number of benzene rings is 2. The Morgan fingerprint density at radius 2 is 1.81 bits per heavy atom. The van der Waals surface area contributed by atoms with Crippen molar-refractivity contribution in [1.29, 1.82) is 0 Å². The van der Waals surface area contributed by atoms with Crippen molar-refractivity contribution in [2.45, 2.75) is 47.0 Å². The average molecular weight is 433 g/mol. The lowest BCUT2D eigenvalue weighted by Gasteiger charge is -2.33. The van der Waals surface area contributed by atoms with E-state index in [0.717, 1.165) is 49.0 Å². The largest absolute Gasteiger partial charge is 0.491 e. The van der Waals surface area contributed by atoms with E-state index in [-0.39, 0.29) is 11.8 Å². The number of carbonyl (C=O) groups excluding carboxylic acids is 2. The highest BCUT2D eigenvalue weighted by molar-refractivity contribution is 6.45. The summed E-state index contributed by atoms with van der Waals surface area (Å²) in [6.45, 7) is 10.4. The lowest BCUT2D eigenvalue weighted by molar-refractivity contribution is -0.120. The Balaban J connectivity index is 1.83. The predicted octanol–water partition coefficient (Wildman–Crippen LogP) is 5.11. The maximum absolute atomic E-state index is 13.8. The number of rotatable bonds is 6. The first-order valence-electron chi connectivity index (χ1n) is 11.6. The first-order valence-corrected chi connectivity index (χ1v) is 11.6. The summed E-state index contributed by atoms with van der Waals surface area (Å²) in [5, 5.41) is 0. The Hall–Kier alpha value is -3.08. The minimum absolute atomic E-state index is 0.259. The fourth-order valence-electron chi connectivity index (χ4n) is 4.56. The molecular formula is C27H32N2O3. The van der Waals surface area contributed by atoms with E-state index in [0.29, 0.717) is 35.2 Å². The van der Waals surface area contributed by atoms with Gasteiger partial charge in [0.25, 0.3) is 11.8 Å². The predicted molar refractivity (Wildman–Crippen MR) is 128 cm³/mol. The Kier molecular flexibility index (Phi) is 6.35. The van der Waals surface area contributed by atoms with E-state index in [1.807, 2.05) is 50.2 Å². The van der Waals surface area contributed by atoms with Crippen molar-refractivity contribution in [1.82, 2.24) is 4.90 Å². The molecule has 2 aromatic rings. The molecule has 5 heteroatoms. The number of aryl methyl sites for hydroxylation is 2. The van der Waals surface area contributed by atoms with E-state index in [1.54, 1.807) is 6.07 Å². The van der Waals surface area contributed by atoms with Gasteiger partial charge in [-0.15, -0.1) is 0 Å². The first kappa shape index (κ1) is 22.1. The van der Waals surface area contributed by atoms with Gasteiger partial charge in [0.05, 0.1) is 17.9 Å².